The molecule has 0 spiro atoms. The molecule has 176 valence electrons. The number of hydrogen-bond donors (Lipinski definition) is 1. The van der Waals surface area contributed by atoms with E-state index in [4.69, 9.17) is 16.3 Å². The predicted molar refractivity (Wildman–Crippen MR) is 110 cm³/mol. The lowest BCUT2D eigenvalue weighted by molar-refractivity contribution is -0.201. The minimum Gasteiger partial charge on any atom is -0.494 e. The summed E-state index contributed by atoms with van der Waals surface area (Å²) in [5.74, 6) is -1.09. The zero-order valence-corrected chi connectivity index (χ0v) is 18.2. The minimum absolute atomic E-state index is 0.0806. The monoisotopic (exact) mass is 508 g/mol. The normalized spacial score (nSPS) is 19.3. The summed E-state index contributed by atoms with van der Waals surface area (Å²) in [4.78, 5) is 12.8. The molecule has 1 aromatic carbocycles. The van der Waals surface area contributed by atoms with Gasteiger partial charge >= 0.3 is 12.4 Å². The average Bonchev–Trinajstić information content (AvgIpc) is 3.15. The summed E-state index contributed by atoms with van der Waals surface area (Å²) in [5, 5.41) is 11.3. The zero-order valence-electron chi connectivity index (χ0n) is 16.6. The number of carbonyl (C=O) groups excluding carboxylic acids is 1. The maximum Gasteiger partial charge on any atom is 0.416 e. The summed E-state index contributed by atoms with van der Waals surface area (Å²) in [7, 11) is 0. The molecule has 0 radical (unpaired) electrons. The highest BCUT2D eigenvalue weighted by atomic mass is 35.5. The van der Waals surface area contributed by atoms with E-state index in [0.29, 0.717) is 0 Å². The van der Waals surface area contributed by atoms with Crippen LogP contribution in [0.3, 0.4) is 0 Å². The SMILES string of the molecule is N#CC1=C(c2ccc(Cl)s2)C[C@](c2ccc(OCCCC(F)(F)F)cc2)(C(F)(F)F)NC1=O. The Morgan fingerprint density at radius 3 is 2.30 bits per heavy atom. The number of halogens is 7. The minimum atomic E-state index is -4.94. The molecule has 0 saturated carbocycles. The van der Waals surface area contributed by atoms with Crippen molar-refractivity contribution in [2.24, 2.45) is 0 Å². The van der Waals surface area contributed by atoms with E-state index in [2.05, 4.69) is 0 Å². The van der Waals surface area contributed by atoms with Gasteiger partial charge in [-0.2, -0.15) is 31.6 Å². The van der Waals surface area contributed by atoms with E-state index in [1.165, 1.54) is 24.3 Å². The van der Waals surface area contributed by atoms with Crippen molar-refractivity contribution in [1.29, 1.82) is 5.26 Å². The van der Waals surface area contributed by atoms with Crippen molar-refractivity contribution in [1.82, 2.24) is 5.32 Å². The highest BCUT2D eigenvalue weighted by molar-refractivity contribution is 7.17. The fourth-order valence-electron chi connectivity index (χ4n) is 3.40. The zero-order chi connectivity index (χ0) is 24.4. The molecule has 1 aliphatic rings. The molecule has 2 heterocycles. The molecule has 0 bridgehead atoms. The molecule has 1 atom stereocenters. The quantitative estimate of drug-likeness (QED) is 0.364. The molecule has 1 amide bonds. The highest BCUT2D eigenvalue weighted by Crippen LogP contribution is 2.49. The molecule has 1 aliphatic heterocycles. The number of hydrogen-bond acceptors (Lipinski definition) is 4. The molecule has 12 heteroatoms. The van der Waals surface area contributed by atoms with E-state index in [-0.39, 0.29) is 39.1 Å². The van der Waals surface area contributed by atoms with Crippen LogP contribution in [0.15, 0.2) is 42.0 Å². The van der Waals surface area contributed by atoms with Crippen LogP contribution in [0.4, 0.5) is 26.3 Å². The van der Waals surface area contributed by atoms with Crippen LogP contribution in [0, 0.1) is 11.3 Å². The Morgan fingerprint density at radius 2 is 1.79 bits per heavy atom. The van der Waals surface area contributed by atoms with Crippen molar-refractivity contribution in [2.75, 3.05) is 6.61 Å². The molecule has 3 rings (SSSR count). The predicted octanol–water partition coefficient (Wildman–Crippen LogP) is 6.38. The van der Waals surface area contributed by atoms with Gasteiger partial charge in [0.05, 0.1) is 10.9 Å². The fraction of sp³-hybridized carbons (Fsp3) is 0.333. The first-order valence-electron chi connectivity index (χ1n) is 9.44. The summed E-state index contributed by atoms with van der Waals surface area (Å²) in [5.41, 5.74) is -3.66. The van der Waals surface area contributed by atoms with Crippen molar-refractivity contribution in [3.05, 3.63) is 56.7 Å². The molecule has 0 saturated heterocycles. The third-order valence-corrected chi connectivity index (χ3v) is 6.28. The second kappa shape index (κ2) is 9.27. The van der Waals surface area contributed by atoms with Crippen LogP contribution in [-0.2, 0) is 10.3 Å². The number of nitrogens with one attached hydrogen (secondary N) is 1. The van der Waals surface area contributed by atoms with Gasteiger partial charge in [0, 0.05) is 17.7 Å². The van der Waals surface area contributed by atoms with Crippen molar-refractivity contribution in [3.63, 3.8) is 0 Å². The third kappa shape index (κ3) is 5.45. The first-order chi connectivity index (χ1) is 15.4. The number of nitriles is 1. The second-order valence-electron chi connectivity index (χ2n) is 7.19. The Morgan fingerprint density at radius 1 is 1.12 bits per heavy atom. The van der Waals surface area contributed by atoms with Gasteiger partial charge < -0.3 is 10.1 Å². The Bertz CT molecular complexity index is 1100. The van der Waals surface area contributed by atoms with E-state index in [1.54, 1.807) is 6.07 Å². The highest BCUT2D eigenvalue weighted by Gasteiger charge is 2.59. The second-order valence-corrected chi connectivity index (χ2v) is 8.91. The summed E-state index contributed by atoms with van der Waals surface area (Å²) in [6.07, 6.45) is -11.4. The van der Waals surface area contributed by atoms with Gasteiger partial charge in [-0.05, 0) is 41.8 Å². The number of ether oxygens (including phenoxy) is 1. The van der Waals surface area contributed by atoms with E-state index in [9.17, 15) is 36.4 Å². The summed E-state index contributed by atoms with van der Waals surface area (Å²) < 4.78 is 85.2. The number of amides is 1. The smallest absolute Gasteiger partial charge is 0.416 e. The largest absolute Gasteiger partial charge is 0.494 e. The van der Waals surface area contributed by atoms with E-state index < -0.39 is 42.2 Å². The molecule has 1 N–H and O–H groups in total. The van der Waals surface area contributed by atoms with Crippen LogP contribution < -0.4 is 10.1 Å². The number of nitrogens with zero attached hydrogens (tertiary/aromatic N) is 1. The molecule has 0 aliphatic carbocycles. The van der Waals surface area contributed by atoms with Crippen LogP contribution in [0.2, 0.25) is 4.34 Å². The molecule has 33 heavy (non-hydrogen) atoms. The van der Waals surface area contributed by atoms with Gasteiger partial charge in [0.1, 0.15) is 17.4 Å². The number of alkyl halides is 6. The van der Waals surface area contributed by atoms with Crippen LogP contribution in [-0.4, -0.2) is 24.9 Å². The van der Waals surface area contributed by atoms with Gasteiger partial charge in [-0.3, -0.25) is 4.79 Å². The Labute approximate surface area is 193 Å². The molecular formula is C21H15ClF6N2O2S. The number of carbonyl (C=O) groups is 1. The maximum absolute atomic E-state index is 14.4. The van der Waals surface area contributed by atoms with Crippen molar-refractivity contribution >= 4 is 34.4 Å². The van der Waals surface area contributed by atoms with E-state index in [1.807, 2.05) is 5.32 Å². The summed E-state index contributed by atoms with van der Waals surface area (Å²) in [6, 6.07) is 9.11. The topological polar surface area (TPSA) is 62.1 Å². The number of rotatable bonds is 6. The van der Waals surface area contributed by atoms with E-state index >= 15 is 0 Å². The van der Waals surface area contributed by atoms with Gasteiger partial charge in [0.15, 0.2) is 5.54 Å². The Kier molecular flexibility index (Phi) is 7.00. The van der Waals surface area contributed by atoms with Crippen LogP contribution in [0.1, 0.15) is 29.7 Å². The first kappa shape index (κ1) is 24.9. The molecular weight excluding hydrogens is 494 g/mol. The standard InChI is InChI=1S/C21H15ClF6N2O2S/c22-17-7-6-16(33-17)14-10-19(21(26,27)28,30-18(31)15(14)11-29)12-2-4-13(5-3-12)32-9-1-8-20(23,24)25/h2-7H,1,8-10H2,(H,30,31)/t19-/m0/s1. The number of thiophene rings is 1. The Hall–Kier alpha value is -2.71. The lowest BCUT2D eigenvalue weighted by Crippen LogP contribution is -2.58. The lowest BCUT2D eigenvalue weighted by atomic mass is 9.78. The Balaban J connectivity index is 1.92. The van der Waals surface area contributed by atoms with Gasteiger partial charge in [-0.15, -0.1) is 11.3 Å². The van der Waals surface area contributed by atoms with Crippen LogP contribution in [0.5, 0.6) is 5.75 Å². The average molecular weight is 509 g/mol. The molecule has 0 unspecified atom stereocenters. The van der Waals surface area contributed by atoms with Crippen molar-refractivity contribution in [2.45, 2.75) is 37.2 Å². The van der Waals surface area contributed by atoms with Gasteiger partial charge in [-0.25, -0.2) is 0 Å². The summed E-state index contributed by atoms with van der Waals surface area (Å²) in [6.45, 7) is -0.266. The molecule has 1 aromatic heterocycles. The van der Waals surface area contributed by atoms with Gasteiger partial charge in [0.25, 0.3) is 5.91 Å². The van der Waals surface area contributed by atoms with E-state index in [0.717, 1.165) is 23.5 Å². The van der Waals surface area contributed by atoms with Crippen LogP contribution >= 0.6 is 22.9 Å². The first-order valence-corrected chi connectivity index (χ1v) is 10.6. The fourth-order valence-corrected chi connectivity index (χ4v) is 4.50. The third-order valence-electron chi connectivity index (χ3n) is 4.98. The molecule has 4 nitrogen and oxygen atoms in total. The summed E-state index contributed by atoms with van der Waals surface area (Å²) >= 11 is 6.84. The van der Waals surface area contributed by atoms with Crippen LogP contribution in [0.25, 0.3) is 5.57 Å². The van der Waals surface area contributed by atoms with Crippen molar-refractivity contribution < 1.29 is 35.9 Å². The lowest BCUT2D eigenvalue weighted by Gasteiger charge is -2.40. The van der Waals surface area contributed by atoms with Gasteiger partial charge in [-0.1, -0.05) is 23.7 Å². The van der Waals surface area contributed by atoms with Gasteiger partial charge in [0.2, 0.25) is 0 Å². The molecule has 0 fully saturated rings. The van der Waals surface area contributed by atoms with Crippen molar-refractivity contribution in [3.8, 4) is 11.8 Å². The number of benzene rings is 1. The maximum atomic E-state index is 14.4. The molecule has 2 aromatic rings.